The monoisotopic (exact) mass is 510 g/mol. The van der Waals surface area contributed by atoms with Gasteiger partial charge in [0.15, 0.2) is 0 Å². The zero-order valence-electron chi connectivity index (χ0n) is 17.2. The summed E-state index contributed by atoms with van der Waals surface area (Å²) in [5.74, 6) is -2.61. The number of carbonyl (C=O) groups excluding carboxylic acids is 3. The van der Waals surface area contributed by atoms with Gasteiger partial charge in [0.05, 0.1) is 23.7 Å². The van der Waals surface area contributed by atoms with Gasteiger partial charge in [-0.2, -0.15) is 0 Å². The number of imide groups is 1. The minimum Gasteiger partial charge on any atom is -0.329 e. The van der Waals surface area contributed by atoms with Crippen molar-refractivity contribution < 1.29 is 23.2 Å². The molecule has 8 heteroatoms. The molecule has 0 saturated carbocycles. The molecule has 2 aliphatic heterocycles. The van der Waals surface area contributed by atoms with Gasteiger partial charge in [-0.15, -0.1) is 0 Å². The maximum absolute atomic E-state index is 13.9. The molecule has 0 aliphatic carbocycles. The molecule has 5 rings (SSSR count). The van der Waals surface area contributed by atoms with Crippen LogP contribution < -0.4 is 0 Å². The average Bonchev–Trinajstić information content (AvgIpc) is 3.21. The third-order valence-corrected chi connectivity index (χ3v) is 6.50. The Morgan fingerprint density at radius 1 is 0.818 bits per heavy atom. The van der Waals surface area contributed by atoms with Crippen LogP contribution in [0.15, 0.2) is 65.1 Å². The second-order valence-electron chi connectivity index (χ2n) is 8.14. The van der Waals surface area contributed by atoms with Crippen molar-refractivity contribution in [2.45, 2.75) is 19.0 Å². The average molecular weight is 511 g/mol. The van der Waals surface area contributed by atoms with Gasteiger partial charge in [-0.3, -0.25) is 19.3 Å². The summed E-state index contributed by atoms with van der Waals surface area (Å²) in [5.41, 5.74) is 2.26. The molecule has 0 radical (unpaired) electrons. The van der Waals surface area contributed by atoms with Gasteiger partial charge in [0.25, 0.3) is 17.7 Å². The van der Waals surface area contributed by atoms with Gasteiger partial charge in [0.2, 0.25) is 0 Å². The minimum atomic E-state index is -0.732. The van der Waals surface area contributed by atoms with Gasteiger partial charge in [0.1, 0.15) is 11.6 Å². The van der Waals surface area contributed by atoms with E-state index in [0.717, 1.165) is 21.0 Å². The van der Waals surface area contributed by atoms with Crippen molar-refractivity contribution in [1.29, 1.82) is 0 Å². The number of hydrogen-bond acceptors (Lipinski definition) is 3. The van der Waals surface area contributed by atoms with E-state index >= 15 is 0 Å². The summed E-state index contributed by atoms with van der Waals surface area (Å²) in [4.78, 5) is 41.7. The Hall–Kier alpha value is -3.39. The van der Waals surface area contributed by atoms with Crippen LogP contribution in [-0.4, -0.2) is 40.1 Å². The van der Waals surface area contributed by atoms with Crippen LogP contribution in [0.5, 0.6) is 0 Å². The lowest BCUT2D eigenvalue weighted by Crippen LogP contribution is -2.47. The van der Waals surface area contributed by atoms with E-state index in [1.165, 1.54) is 12.1 Å². The zero-order chi connectivity index (χ0) is 23.3. The fraction of sp³-hybridized carbons (Fsp3) is 0.160. The standard InChI is InChI=1S/C25H17BrF2N2O3/c26-16-5-6-20-15(10-16)12-29(23(20)31)19(9-14-7-17(27)11-18(28)8-14)13-30-24(32)21-3-1-2-4-22(21)25(30)33/h1-8,10-11,19H,9,12-13H2/t19-/m1/s1. The van der Waals surface area contributed by atoms with Gasteiger partial charge in [-0.05, 0) is 60.0 Å². The summed E-state index contributed by atoms with van der Waals surface area (Å²) in [6.45, 7) is 0.171. The van der Waals surface area contributed by atoms with E-state index in [1.807, 2.05) is 6.07 Å². The Morgan fingerprint density at radius 2 is 1.45 bits per heavy atom. The second-order valence-corrected chi connectivity index (χ2v) is 9.05. The number of hydrogen-bond donors (Lipinski definition) is 0. The molecule has 0 aromatic heterocycles. The lowest BCUT2D eigenvalue weighted by Gasteiger charge is -2.31. The Balaban J connectivity index is 1.49. The van der Waals surface area contributed by atoms with Crippen molar-refractivity contribution in [3.05, 3.63) is 105 Å². The molecule has 2 heterocycles. The zero-order valence-corrected chi connectivity index (χ0v) is 18.8. The van der Waals surface area contributed by atoms with Crippen LogP contribution in [0.2, 0.25) is 0 Å². The molecule has 2 aliphatic rings. The number of benzene rings is 3. The Morgan fingerprint density at radius 3 is 2.09 bits per heavy atom. The smallest absolute Gasteiger partial charge is 0.261 e. The highest BCUT2D eigenvalue weighted by atomic mass is 79.9. The highest BCUT2D eigenvalue weighted by Gasteiger charge is 2.40. The van der Waals surface area contributed by atoms with E-state index in [1.54, 1.807) is 41.3 Å². The number of nitrogens with zero attached hydrogens (tertiary/aromatic N) is 2. The number of amides is 3. The van der Waals surface area contributed by atoms with Crippen LogP contribution in [0.25, 0.3) is 0 Å². The van der Waals surface area contributed by atoms with E-state index in [4.69, 9.17) is 0 Å². The van der Waals surface area contributed by atoms with E-state index in [9.17, 15) is 23.2 Å². The van der Waals surface area contributed by atoms with Crippen LogP contribution in [0.4, 0.5) is 8.78 Å². The first-order chi connectivity index (χ1) is 15.8. The molecule has 0 fully saturated rings. The first-order valence-electron chi connectivity index (χ1n) is 10.3. The lowest BCUT2D eigenvalue weighted by molar-refractivity contribution is 0.0527. The van der Waals surface area contributed by atoms with Gasteiger partial charge in [-0.25, -0.2) is 8.78 Å². The van der Waals surface area contributed by atoms with Crippen molar-refractivity contribution in [2.75, 3.05) is 6.54 Å². The van der Waals surface area contributed by atoms with Crippen molar-refractivity contribution in [3.8, 4) is 0 Å². The molecule has 0 spiro atoms. The van der Waals surface area contributed by atoms with E-state index in [2.05, 4.69) is 15.9 Å². The molecule has 0 saturated heterocycles. The summed E-state index contributed by atoms with van der Waals surface area (Å²) in [5, 5.41) is 0. The Bertz CT molecular complexity index is 1270. The summed E-state index contributed by atoms with van der Waals surface area (Å²) >= 11 is 3.40. The summed E-state index contributed by atoms with van der Waals surface area (Å²) in [6.07, 6.45) is 0.0724. The van der Waals surface area contributed by atoms with Gasteiger partial charge >= 0.3 is 0 Å². The number of fused-ring (bicyclic) bond motifs is 2. The topological polar surface area (TPSA) is 57.7 Å². The maximum atomic E-state index is 13.9. The van der Waals surface area contributed by atoms with Crippen LogP contribution in [-0.2, 0) is 13.0 Å². The first kappa shape index (κ1) is 21.5. The lowest BCUT2D eigenvalue weighted by atomic mass is 10.0. The molecule has 0 bridgehead atoms. The van der Waals surface area contributed by atoms with Crippen LogP contribution >= 0.6 is 15.9 Å². The van der Waals surface area contributed by atoms with Crippen LogP contribution in [0.1, 0.15) is 42.2 Å². The van der Waals surface area contributed by atoms with E-state index in [0.29, 0.717) is 22.3 Å². The normalized spacial score (nSPS) is 15.8. The Kier molecular flexibility index (Phi) is 5.32. The van der Waals surface area contributed by atoms with Crippen LogP contribution in [0.3, 0.4) is 0 Å². The maximum Gasteiger partial charge on any atom is 0.261 e. The van der Waals surface area contributed by atoms with Gasteiger partial charge < -0.3 is 4.90 Å². The number of carbonyl (C=O) groups is 3. The molecule has 0 unspecified atom stereocenters. The molecular formula is C25H17BrF2N2O3. The van der Waals surface area contributed by atoms with Gasteiger partial charge in [-0.1, -0.05) is 28.1 Å². The third-order valence-electron chi connectivity index (χ3n) is 6.01. The molecule has 3 amide bonds. The van der Waals surface area contributed by atoms with Crippen molar-refractivity contribution in [2.24, 2.45) is 0 Å². The quantitative estimate of drug-likeness (QED) is 0.471. The first-order valence-corrected chi connectivity index (χ1v) is 11.1. The molecule has 3 aromatic rings. The van der Waals surface area contributed by atoms with Crippen molar-refractivity contribution >= 4 is 33.7 Å². The van der Waals surface area contributed by atoms with Crippen LogP contribution in [0, 0.1) is 11.6 Å². The summed E-state index contributed by atoms with van der Waals surface area (Å²) < 4.78 is 28.5. The highest BCUT2D eigenvalue weighted by molar-refractivity contribution is 9.10. The van der Waals surface area contributed by atoms with Crippen molar-refractivity contribution in [3.63, 3.8) is 0 Å². The molecule has 33 heavy (non-hydrogen) atoms. The fourth-order valence-electron chi connectivity index (χ4n) is 4.50. The van der Waals surface area contributed by atoms with Gasteiger partial charge in [0, 0.05) is 22.6 Å². The molecule has 1 atom stereocenters. The fourth-order valence-corrected chi connectivity index (χ4v) is 4.91. The number of rotatable bonds is 5. The van der Waals surface area contributed by atoms with Crippen molar-refractivity contribution in [1.82, 2.24) is 9.80 Å². The SMILES string of the molecule is O=C1c2ccccc2C(=O)N1C[C@@H](Cc1cc(F)cc(F)c1)N1Cc2cc(Br)ccc2C1=O. The largest absolute Gasteiger partial charge is 0.329 e. The summed E-state index contributed by atoms with van der Waals surface area (Å²) in [6, 6.07) is 14.3. The molecule has 5 nitrogen and oxygen atoms in total. The van der Waals surface area contributed by atoms with E-state index < -0.39 is 29.5 Å². The number of halogens is 3. The predicted molar refractivity (Wildman–Crippen MR) is 120 cm³/mol. The molecule has 3 aromatic carbocycles. The summed E-state index contributed by atoms with van der Waals surface area (Å²) in [7, 11) is 0. The highest BCUT2D eigenvalue weighted by Crippen LogP contribution is 2.30. The minimum absolute atomic E-state index is 0.0724. The third kappa shape index (κ3) is 3.84. The predicted octanol–water partition coefficient (Wildman–Crippen LogP) is 4.59. The molecule has 166 valence electrons. The second kappa shape index (κ2) is 8.19. The Labute approximate surface area is 196 Å². The molecular weight excluding hydrogens is 494 g/mol. The molecule has 0 N–H and O–H groups in total. The van der Waals surface area contributed by atoms with E-state index in [-0.39, 0.29) is 25.4 Å².